The van der Waals surface area contributed by atoms with E-state index in [0.29, 0.717) is 12.2 Å². The first-order valence-corrected chi connectivity index (χ1v) is 16.0. The van der Waals surface area contributed by atoms with Crippen LogP contribution in [0, 0.1) is 0 Å². The van der Waals surface area contributed by atoms with Gasteiger partial charge in [-0.3, -0.25) is 13.9 Å². The van der Waals surface area contributed by atoms with E-state index < -0.39 is 28.5 Å². The lowest BCUT2D eigenvalue weighted by Gasteiger charge is -2.34. The fourth-order valence-corrected chi connectivity index (χ4v) is 6.48. The zero-order chi connectivity index (χ0) is 30.0. The number of nitrogens with zero attached hydrogens (tertiary/aromatic N) is 2. The van der Waals surface area contributed by atoms with Crippen LogP contribution in [-0.2, 0) is 32.6 Å². The van der Waals surface area contributed by atoms with E-state index in [1.165, 1.54) is 17.0 Å². The van der Waals surface area contributed by atoms with E-state index in [0.717, 1.165) is 26.3 Å². The van der Waals surface area contributed by atoms with E-state index >= 15 is 0 Å². The van der Waals surface area contributed by atoms with Crippen molar-refractivity contribution in [3.63, 3.8) is 0 Å². The average molecular weight is 649 g/mol. The van der Waals surface area contributed by atoms with Crippen LogP contribution in [0.3, 0.4) is 0 Å². The molecular weight excluding hydrogens is 614 g/mol. The minimum atomic E-state index is -4.10. The lowest BCUT2D eigenvalue weighted by atomic mass is 10.0. The molecule has 2 amide bonds. The number of anilines is 1. The van der Waals surface area contributed by atoms with Crippen molar-refractivity contribution in [1.82, 2.24) is 10.2 Å². The zero-order valence-corrected chi connectivity index (χ0v) is 25.8. The molecular formula is C33H34BrN3O4S. The van der Waals surface area contributed by atoms with Crippen LogP contribution in [0.25, 0.3) is 0 Å². The van der Waals surface area contributed by atoms with E-state index in [1.807, 2.05) is 61.5 Å². The summed E-state index contributed by atoms with van der Waals surface area (Å²) >= 11 is 3.50. The van der Waals surface area contributed by atoms with Crippen LogP contribution >= 0.6 is 15.9 Å². The predicted octanol–water partition coefficient (Wildman–Crippen LogP) is 5.81. The van der Waals surface area contributed by atoms with Gasteiger partial charge in [-0.1, -0.05) is 102 Å². The highest BCUT2D eigenvalue weighted by molar-refractivity contribution is 9.10. The molecule has 0 aromatic heterocycles. The number of sulfonamides is 1. The Morgan fingerprint density at radius 3 is 2.02 bits per heavy atom. The van der Waals surface area contributed by atoms with Crippen molar-refractivity contribution in [1.29, 1.82) is 0 Å². The maximum Gasteiger partial charge on any atom is 0.264 e. The number of para-hydroxylation sites is 1. The first-order chi connectivity index (χ1) is 20.3. The molecule has 0 saturated carbocycles. The average Bonchev–Trinajstić information content (AvgIpc) is 3.01. The third-order valence-electron chi connectivity index (χ3n) is 6.72. The summed E-state index contributed by atoms with van der Waals surface area (Å²) in [6.45, 7) is 2.05. The topological polar surface area (TPSA) is 86.8 Å². The summed E-state index contributed by atoms with van der Waals surface area (Å²) in [6.07, 6.45) is 1.01. The molecule has 0 heterocycles. The maximum atomic E-state index is 14.3. The Hall–Kier alpha value is -3.95. The van der Waals surface area contributed by atoms with Crippen molar-refractivity contribution in [2.45, 2.75) is 37.2 Å². The second-order valence-corrected chi connectivity index (χ2v) is 12.6. The van der Waals surface area contributed by atoms with Crippen LogP contribution in [0.1, 0.15) is 24.5 Å². The van der Waals surface area contributed by atoms with Gasteiger partial charge in [0.2, 0.25) is 11.8 Å². The Kier molecular flexibility index (Phi) is 10.9. The molecule has 0 radical (unpaired) electrons. The molecule has 4 aromatic rings. The minimum Gasteiger partial charge on any atom is -0.354 e. The predicted molar refractivity (Wildman–Crippen MR) is 169 cm³/mol. The zero-order valence-electron chi connectivity index (χ0n) is 23.4. The molecule has 1 N–H and O–H groups in total. The van der Waals surface area contributed by atoms with E-state index in [2.05, 4.69) is 21.2 Å². The minimum absolute atomic E-state index is 0.0710. The van der Waals surface area contributed by atoms with Crippen LogP contribution < -0.4 is 9.62 Å². The maximum absolute atomic E-state index is 14.3. The van der Waals surface area contributed by atoms with Crippen molar-refractivity contribution in [2.75, 3.05) is 17.4 Å². The Balaban J connectivity index is 1.77. The molecule has 0 aliphatic heterocycles. The number of hydrogen-bond donors (Lipinski definition) is 1. The van der Waals surface area contributed by atoms with Crippen molar-refractivity contribution in [3.05, 3.63) is 131 Å². The quantitative estimate of drug-likeness (QED) is 0.198. The number of halogens is 1. The fourth-order valence-electron chi connectivity index (χ4n) is 4.59. The molecule has 0 spiro atoms. The van der Waals surface area contributed by atoms with Crippen molar-refractivity contribution in [3.8, 4) is 0 Å². The van der Waals surface area contributed by atoms with Crippen molar-refractivity contribution < 1.29 is 18.0 Å². The highest BCUT2D eigenvalue weighted by Gasteiger charge is 2.34. The third kappa shape index (κ3) is 8.08. The molecule has 1 unspecified atom stereocenters. The van der Waals surface area contributed by atoms with Crippen LogP contribution in [0.2, 0.25) is 0 Å². The number of carbonyl (C=O) groups is 2. The summed E-state index contributed by atoms with van der Waals surface area (Å²) in [4.78, 5) is 29.5. The Bertz CT molecular complexity index is 1570. The number of hydrogen-bond acceptors (Lipinski definition) is 4. The monoisotopic (exact) mass is 647 g/mol. The highest BCUT2D eigenvalue weighted by atomic mass is 79.9. The lowest BCUT2D eigenvalue weighted by molar-refractivity contribution is -0.140. The molecule has 4 rings (SSSR count). The SMILES string of the molecule is CCCNC(=O)C(Cc1ccccc1)N(Cc1cccc(Br)c1)C(=O)CN(c1ccccc1)S(=O)(=O)c1ccccc1. The molecule has 9 heteroatoms. The summed E-state index contributed by atoms with van der Waals surface area (Å²) in [6, 6.07) is 32.7. The molecule has 4 aromatic carbocycles. The number of nitrogens with one attached hydrogen (secondary N) is 1. The second kappa shape index (κ2) is 14.8. The summed E-state index contributed by atoms with van der Waals surface area (Å²) in [5.74, 6) is -0.785. The normalized spacial score (nSPS) is 11.9. The van der Waals surface area contributed by atoms with E-state index in [-0.39, 0.29) is 23.8 Å². The molecule has 0 fully saturated rings. The Morgan fingerprint density at radius 2 is 1.40 bits per heavy atom. The van der Waals surface area contributed by atoms with E-state index in [1.54, 1.807) is 48.5 Å². The summed E-state index contributed by atoms with van der Waals surface area (Å²) in [5.41, 5.74) is 2.04. The molecule has 0 bridgehead atoms. The highest BCUT2D eigenvalue weighted by Crippen LogP contribution is 2.25. The molecule has 0 aliphatic carbocycles. The second-order valence-electron chi connectivity index (χ2n) is 9.81. The summed E-state index contributed by atoms with van der Waals surface area (Å²) in [5, 5.41) is 2.95. The van der Waals surface area contributed by atoms with E-state index in [9.17, 15) is 18.0 Å². The fraction of sp³-hybridized carbons (Fsp3) is 0.212. The number of benzene rings is 4. The molecule has 0 aliphatic rings. The first-order valence-electron chi connectivity index (χ1n) is 13.8. The molecule has 42 heavy (non-hydrogen) atoms. The molecule has 7 nitrogen and oxygen atoms in total. The van der Waals surface area contributed by atoms with Gasteiger partial charge in [0, 0.05) is 24.0 Å². The van der Waals surface area contributed by atoms with Crippen molar-refractivity contribution >= 4 is 43.5 Å². The van der Waals surface area contributed by atoms with Gasteiger partial charge in [-0.2, -0.15) is 0 Å². The van der Waals surface area contributed by atoms with Crippen LogP contribution in [0.5, 0.6) is 0 Å². The van der Waals surface area contributed by atoms with Crippen LogP contribution in [0.15, 0.2) is 125 Å². The van der Waals surface area contributed by atoms with Crippen molar-refractivity contribution in [2.24, 2.45) is 0 Å². The Morgan fingerprint density at radius 1 is 0.810 bits per heavy atom. The van der Waals surface area contributed by atoms with Gasteiger partial charge in [-0.05, 0) is 53.9 Å². The number of carbonyl (C=O) groups excluding carboxylic acids is 2. The lowest BCUT2D eigenvalue weighted by Crippen LogP contribution is -2.53. The largest absolute Gasteiger partial charge is 0.354 e. The molecule has 1 atom stereocenters. The van der Waals surface area contributed by atoms with Gasteiger partial charge in [-0.15, -0.1) is 0 Å². The molecule has 218 valence electrons. The Labute approximate surface area is 256 Å². The van der Waals surface area contributed by atoms with Crippen LogP contribution in [0.4, 0.5) is 5.69 Å². The van der Waals surface area contributed by atoms with Gasteiger partial charge in [-0.25, -0.2) is 8.42 Å². The standard InChI is InChI=1S/C33H34BrN3O4S/c1-2-21-35-33(39)31(23-26-13-6-3-7-14-26)36(24-27-15-12-16-28(34)22-27)32(38)25-37(29-17-8-4-9-18-29)42(40,41)30-19-10-5-11-20-30/h3-20,22,31H,2,21,23-25H2,1H3,(H,35,39). The van der Waals surface area contributed by atoms with Gasteiger partial charge in [0.05, 0.1) is 10.6 Å². The van der Waals surface area contributed by atoms with Gasteiger partial charge >= 0.3 is 0 Å². The number of amides is 2. The summed E-state index contributed by atoms with van der Waals surface area (Å²) < 4.78 is 29.7. The molecule has 0 saturated heterocycles. The summed E-state index contributed by atoms with van der Waals surface area (Å²) in [7, 11) is -4.10. The van der Waals surface area contributed by atoms with Gasteiger partial charge in [0.15, 0.2) is 0 Å². The van der Waals surface area contributed by atoms with Gasteiger partial charge in [0.25, 0.3) is 10.0 Å². The van der Waals surface area contributed by atoms with Gasteiger partial charge < -0.3 is 10.2 Å². The van der Waals surface area contributed by atoms with E-state index in [4.69, 9.17) is 0 Å². The van der Waals surface area contributed by atoms with Gasteiger partial charge in [0.1, 0.15) is 12.6 Å². The number of rotatable bonds is 13. The third-order valence-corrected chi connectivity index (χ3v) is 9.00. The smallest absolute Gasteiger partial charge is 0.264 e. The van der Waals surface area contributed by atoms with Crippen LogP contribution in [-0.4, -0.2) is 44.3 Å². The first kappa shape index (κ1) is 31.0.